The van der Waals surface area contributed by atoms with Crippen LogP contribution in [0.4, 0.5) is 0 Å². The number of benzene rings is 1. The van der Waals surface area contributed by atoms with E-state index in [1.165, 1.54) is 0 Å². The van der Waals surface area contributed by atoms with E-state index in [0.29, 0.717) is 10.8 Å². The molecule has 0 unspecified atom stereocenters. The molecule has 2 bridgehead atoms. The molecule has 5 atom stereocenters. The number of hydrogen-bond donors (Lipinski definition) is 3. The van der Waals surface area contributed by atoms with Crippen LogP contribution in [-0.4, -0.2) is 29.0 Å². The molecule has 2 saturated carbocycles. The van der Waals surface area contributed by atoms with Gasteiger partial charge in [0.25, 0.3) is 5.91 Å². The van der Waals surface area contributed by atoms with Crippen LogP contribution in [0.5, 0.6) is 5.75 Å². The molecule has 30 heavy (non-hydrogen) atoms. The average Bonchev–Trinajstić information content (AvgIpc) is 3.24. The van der Waals surface area contributed by atoms with Crippen molar-refractivity contribution in [3.8, 4) is 5.75 Å². The molecule has 2 amide bonds. The second-order valence-corrected chi connectivity index (χ2v) is 8.72. The smallest absolute Gasteiger partial charge is 0.307 e. The normalized spacial score (nSPS) is 25.6. The molecular weight excluding hydrogens is 408 g/mol. The highest BCUT2D eigenvalue weighted by atomic mass is 35.5. The topological polar surface area (TPSA) is 105 Å². The first-order valence-electron chi connectivity index (χ1n) is 10.0. The van der Waals surface area contributed by atoms with Gasteiger partial charge < -0.3 is 9.84 Å². The fourth-order valence-electron chi connectivity index (χ4n) is 4.90. The minimum Gasteiger partial charge on any atom is -0.481 e. The number of carbonyl (C=O) groups excluding carboxylic acids is 2. The lowest BCUT2D eigenvalue weighted by molar-refractivity contribution is -0.150. The Morgan fingerprint density at radius 2 is 1.77 bits per heavy atom. The molecule has 0 aromatic heterocycles. The van der Waals surface area contributed by atoms with Crippen LogP contribution in [0.15, 0.2) is 29.3 Å². The highest BCUT2D eigenvalue weighted by molar-refractivity contribution is 6.30. The van der Waals surface area contributed by atoms with Gasteiger partial charge in [0.15, 0.2) is 6.10 Å². The number of fused-ring (bicyclic) bond motifs is 2. The van der Waals surface area contributed by atoms with Gasteiger partial charge in [-0.15, -0.1) is 0 Å². The summed E-state index contributed by atoms with van der Waals surface area (Å²) in [6, 6.07) is 5.07. The van der Waals surface area contributed by atoms with Crippen LogP contribution >= 0.6 is 11.6 Å². The van der Waals surface area contributed by atoms with E-state index in [1.807, 2.05) is 20.8 Å². The molecule has 7 nitrogen and oxygen atoms in total. The van der Waals surface area contributed by atoms with Crippen LogP contribution in [0, 0.1) is 30.6 Å². The number of hydrogen-bond acceptors (Lipinski definition) is 4. The van der Waals surface area contributed by atoms with Gasteiger partial charge in [-0.3, -0.25) is 25.2 Å². The molecule has 3 N–H and O–H groups in total. The van der Waals surface area contributed by atoms with E-state index in [9.17, 15) is 19.5 Å². The van der Waals surface area contributed by atoms with Gasteiger partial charge in [0, 0.05) is 5.02 Å². The summed E-state index contributed by atoms with van der Waals surface area (Å²) in [6.45, 7) is 7.29. The maximum absolute atomic E-state index is 12.8. The molecule has 2 aliphatic rings. The molecule has 0 spiro atoms. The minimum absolute atomic E-state index is 0.0941. The number of hydrazine groups is 1. The molecule has 1 aromatic carbocycles. The Labute approximate surface area is 180 Å². The van der Waals surface area contributed by atoms with Crippen LogP contribution in [0.2, 0.25) is 5.02 Å². The monoisotopic (exact) mass is 434 g/mol. The van der Waals surface area contributed by atoms with Crippen LogP contribution in [0.25, 0.3) is 0 Å². The number of aryl methyl sites for hydroxylation is 1. The summed E-state index contributed by atoms with van der Waals surface area (Å²) in [5.41, 5.74) is 7.74. The quantitative estimate of drug-likeness (QED) is 0.487. The van der Waals surface area contributed by atoms with Crippen molar-refractivity contribution in [2.75, 3.05) is 0 Å². The first-order chi connectivity index (χ1) is 14.1. The lowest BCUT2D eigenvalue weighted by atomic mass is 9.79. The number of allylic oxidation sites excluding steroid dienone is 2. The third-order valence-electron chi connectivity index (χ3n) is 6.13. The van der Waals surface area contributed by atoms with E-state index >= 15 is 0 Å². The van der Waals surface area contributed by atoms with Crippen molar-refractivity contribution in [3.05, 3.63) is 39.9 Å². The highest BCUT2D eigenvalue weighted by Gasteiger charge is 2.57. The first-order valence-corrected chi connectivity index (χ1v) is 10.4. The molecular formula is C22H27ClN2O5. The lowest BCUT2D eigenvalue weighted by Gasteiger charge is -2.26. The number of rotatable bonds is 5. The van der Waals surface area contributed by atoms with Crippen molar-refractivity contribution < 1.29 is 24.2 Å². The van der Waals surface area contributed by atoms with E-state index < -0.39 is 35.7 Å². The number of nitrogens with one attached hydrogen (secondary N) is 2. The molecule has 3 rings (SSSR count). The van der Waals surface area contributed by atoms with Crippen LogP contribution in [0.3, 0.4) is 0 Å². The number of amides is 2. The summed E-state index contributed by atoms with van der Waals surface area (Å²) in [6.07, 6.45) is 0.703. The number of halogens is 1. The van der Waals surface area contributed by atoms with Gasteiger partial charge in [0.2, 0.25) is 5.91 Å². The molecule has 1 aromatic rings. The van der Waals surface area contributed by atoms with Crippen molar-refractivity contribution in [2.45, 2.75) is 46.6 Å². The number of carboxylic acids is 1. The Balaban J connectivity index is 1.64. The third-order valence-corrected chi connectivity index (χ3v) is 6.36. The van der Waals surface area contributed by atoms with Gasteiger partial charge in [0.1, 0.15) is 5.75 Å². The standard InChI is InChI=1S/C22H27ClN2O5/c1-10(2)17-14-6-7-15(17)19(22(28)29)18(14)21(27)25-24-20(26)12(4)30-16-8-5-13(23)9-11(16)3/h5,8-9,12,14-15,18-19H,6-7H2,1-4H3,(H,24,26)(H,25,27)(H,28,29)/t12-,14+,15+,18-,19-/m1/s1. The second kappa shape index (κ2) is 8.68. The Bertz CT molecular complexity index is 909. The predicted molar refractivity (Wildman–Crippen MR) is 112 cm³/mol. The van der Waals surface area contributed by atoms with Gasteiger partial charge >= 0.3 is 5.97 Å². The SMILES string of the molecule is CC(C)=C1[C@@H]2CC[C@@H]1[C@@H](C(=O)NNC(=O)[C@@H](C)Oc1ccc(Cl)cc1C)[C@@H]2C(=O)O. The zero-order valence-corrected chi connectivity index (χ0v) is 18.2. The van der Waals surface area contributed by atoms with E-state index in [2.05, 4.69) is 10.9 Å². The van der Waals surface area contributed by atoms with E-state index in [0.717, 1.165) is 29.6 Å². The summed E-state index contributed by atoms with van der Waals surface area (Å²) in [5.74, 6) is -3.13. The zero-order valence-electron chi connectivity index (χ0n) is 17.5. The molecule has 0 radical (unpaired) electrons. The summed E-state index contributed by atoms with van der Waals surface area (Å²) in [7, 11) is 0. The third kappa shape index (κ3) is 4.17. The molecule has 0 saturated heterocycles. The predicted octanol–water partition coefficient (Wildman–Crippen LogP) is 3.26. The Hall–Kier alpha value is -2.54. The van der Waals surface area contributed by atoms with Gasteiger partial charge in [-0.2, -0.15) is 0 Å². The average molecular weight is 435 g/mol. The Morgan fingerprint density at radius 3 is 2.33 bits per heavy atom. The van der Waals surface area contributed by atoms with E-state index in [1.54, 1.807) is 25.1 Å². The van der Waals surface area contributed by atoms with Gasteiger partial charge in [-0.1, -0.05) is 22.7 Å². The lowest BCUT2D eigenvalue weighted by Crippen LogP contribution is -2.51. The first kappa shape index (κ1) is 22.2. The van der Waals surface area contributed by atoms with Crippen molar-refractivity contribution in [2.24, 2.45) is 23.7 Å². The van der Waals surface area contributed by atoms with Gasteiger partial charge in [0.05, 0.1) is 11.8 Å². The van der Waals surface area contributed by atoms with Crippen LogP contribution in [-0.2, 0) is 14.4 Å². The molecule has 2 fully saturated rings. The Kier molecular flexibility index (Phi) is 6.41. The van der Waals surface area contributed by atoms with Gasteiger partial charge in [-0.05, 0) is 76.1 Å². The van der Waals surface area contributed by atoms with Crippen molar-refractivity contribution in [1.29, 1.82) is 0 Å². The number of carboxylic acid groups (broad SMARTS) is 1. The fourth-order valence-corrected chi connectivity index (χ4v) is 5.13. The van der Waals surface area contributed by atoms with Gasteiger partial charge in [-0.25, -0.2) is 0 Å². The minimum atomic E-state index is -0.970. The maximum atomic E-state index is 12.8. The second-order valence-electron chi connectivity index (χ2n) is 8.28. The molecule has 8 heteroatoms. The highest BCUT2D eigenvalue weighted by Crippen LogP contribution is 2.57. The molecule has 162 valence electrons. The summed E-state index contributed by atoms with van der Waals surface area (Å²) < 4.78 is 5.65. The number of aliphatic carboxylic acids is 1. The van der Waals surface area contributed by atoms with E-state index in [-0.39, 0.29) is 11.8 Å². The summed E-state index contributed by atoms with van der Waals surface area (Å²) in [5, 5.41) is 10.3. The van der Waals surface area contributed by atoms with Crippen molar-refractivity contribution in [3.63, 3.8) is 0 Å². The summed E-state index contributed by atoms with van der Waals surface area (Å²) in [4.78, 5) is 37.1. The molecule has 0 aliphatic heterocycles. The number of carbonyl (C=O) groups is 3. The van der Waals surface area contributed by atoms with Crippen LogP contribution in [0.1, 0.15) is 39.2 Å². The number of ether oxygens (including phenoxy) is 1. The largest absolute Gasteiger partial charge is 0.481 e. The van der Waals surface area contributed by atoms with E-state index in [4.69, 9.17) is 16.3 Å². The maximum Gasteiger partial charge on any atom is 0.307 e. The molecule has 0 heterocycles. The summed E-state index contributed by atoms with van der Waals surface area (Å²) >= 11 is 5.93. The van der Waals surface area contributed by atoms with Crippen LogP contribution < -0.4 is 15.6 Å². The Morgan fingerprint density at radius 1 is 1.13 bits per heavy atom. The fraction of sp³-hybridized carbons (Fsp3) is 0.500. The van der Waals surface area contributed by atoms with Crippen molar-refractivity contribution in [1.82, 2.24) is 10.9 Å². The zero-order chi connectivity index (χ0) is 22.2. The molecule has 2 aliphatic carbocycles. The van der Waals surface area contributed by atoms with Crippen molar-refractivity contribution >= 4 is 29.4 Å².